The molecule has 1 aromatic carbocycles. The lowest BCUT2D eigenvalue weighted by atomic mass is 9.97. The summed E-state index contributed by atoms with van der Waals surface area (Å²) in [6, 6.07) is 5.44. The summed E-state index contributed by atoms with van der Waals surface area (Å²) in [5, 5.41) is 8.67. The normalized spacial score (nSPS) is 13.8. The summed E-state index contributed by atoms with van der Waals surface area (Å²) < 4.78 is 0. The van der Waals surface area contributed by atoms with Gasteiger partial charge in [-0.05, 0) is 43.7 Å². The van der Waals surface area contributed by atoms with Crippen molar-refractivity contribution in [1.82, 2.24) is 4.90 Å². The standard InChI is InChI=1S/C17H22N2O4/c1-12(20)19-8-3-4-13-10-14(5-6-15(13)19)16(21)11-18(2)9-7-17(22)23/h5-6,10H,3-4,7-9,11H2,1-2H3,(H,22,23). The average molecular weight is 318 g/mol. The van der Waals surface area contributed by atoms with Crippen LogP contribution in [0.5, 0.6) is 0 Å². The molecule has 0 unspecified atom stereocenters. The molecule has 1 aromatic rings. The molecule has 0 saturated carbocycles. The Morgan fingerprint density at radius 1 is 1.30 bits per heavy atom. The Morgan fingerprint density at radius 2 is 2.04 bits per heavy atom. The predicted octanol–water partition coefficient (Wildman–Crippen LogP) is 1.57. The van der Waals surface area contributed by atoms with Crippen LogP contribution >= 0.6 is 0 Å². The molecular weight excluding hydrogens is 296 g/mol. The molecule has 0 bridgehead atoms. The minimum absolute atomic E-state index is 0.0124. The Balaban J connectivity index is 2.08. The fourth-order valence-electron chi connectivity index (χ4n) is 2.80. The number of benzene rings is 1. The molecule has 0 saturated heterocycles. The molecular formula is C17H22N2O4. The topological polar surface area (TPSA) is 77.9 Å². The predicted molar refractivity (Wildman–Crippen MR) is 86.9 cm³/mol. The van der Waals surface area contributed by atoms with Gasteiger partial charge in [-0.3, -0.25) is 19.3 Å². The molecule has 23 heavy (non-hydrogen) atoms. The third-order valence-corrected chi connectivity index (χ3v) is 4.02. The van der Waals surface area contributed by atoms with Gasteiger partial charge in [0.15, 0.2) is 5.78 Å². The fourth-order valence-corrected chi connectivity index (χ4v) is 2.80. The maximum absolute atomic E-state index is 12.3. The molecule has 0 fully saturated rings. The van der Waals surface area contributed by atoms with Crippen LogP contribution < -0.4 is 4.90 Å². The highest BCUT2D eigenvalue weighted by atomic mass is 16.4. The van der Waals surface area contributed by atoms with Gasteiger partial charge in [0.25, 0.3) is 0 Å². The second-order valence-electron chi connectivity index (χ2n) is 5.92. The number of ketones is 1. The number of anilines is 1. The van der Waals surface area contributed by atoms with Crippen LogP contribution in [-0.2, 0) is 16.0 Å². The lowest BCUT2D eigenvalue weighted by molar-refractivity contribution is -0.137. The van der Waals surface area contributed by atoms with Crippen molar-refractivity contribution in [3.05, 3.63) is 29.3 Å². The van der Waals surface area contributed by atoms with Gasteiger partial charge in [-0.1, -0.05) is 0 Å². The Hall–Kier alpha value is -2.21. The number of nitrogens with zero attached hydrogens (tertiary/aromatic N) is 2. The SMILES string of the molecule is CC(=O)N1CCCc2cc(C(=O)CN(C)CCC(=O)O)ccc21. The lowest BCUT2D eigenvalue weighted by Gasteiger charge is -2.29. The summed E-state index contributed by atoms with van der Waals surface area (Å²) in [5.74, 6) is -0.901. The van der Waals surface area contributed by atoms with Crippen molar-refractivity contribution in [1.29, 1.82) is 0 Å². The zero-order valence-electron chi connectivity index (χ0n) is 13.5. The van der Waals surface area contributed by atoms with Crippen molar-refractivity contribution in [3.8, 4) is 0 Å². The molecule has 0 aliphatic carbocycles. The number of rotatable bonds is 6. The van der Waals surface area contributed by atoms with Gasteiger partial charge in [0.1, 0.15) is 0 Å². The number of Topliss-reactive ketones (excluding diaryl/α,β-unsaturated/α-hetero) is 1. The van der Waals surface area contributed by atoms with Crippen LogP contribution in [0.2, 0.25) is 0 Å². The van der Waals surface area contributed by atoms with E-state index in [-0.39, 0.29) is 24.7 Å². The Morgan fingerprint density at radius 3 is 2.70 bits per heavy atom. The third kappa shape index (κ3) is 4.39. The fraction of sp³-hybridized carbons (Fsp3) is 0.471. The molecule has 0 atom stereocenters. The number of aryl methyl sites for hydroxylation is 1. The van der Waals surface area contributed by atoms with Crippen LogP contribution in [0.4, 0.5) is 5.69 Å². The number of hydrogen-bond donors (Lipinski definition) is 1. The highest BCUT2D eigenvalue weighted by molar-refractivity contribution is 5.99. The zero-order chi connectivity index (χ0) is 17.0. The largest absolute Gasteiger partial charge is 0.481 e. The van der Waals surface area contributed by atoms with Gasteiger partial charge in [0.05, 0.1) is 13.0 Å². The van der Waals surface area contributed by atoms with E-state index >= 15 is 0 Å². The maximum atomic E-state index is 12.3. The molecule has 0 aromatic heterocycles. The molecule has 1 heterocycles. The van der Waals surface area contributed by atoms with Gasteiger partial charge < -0.3 is 10.0 Å². The molecule has 1 aliphatic rings. The van der Waals surface area contributed by atoms with E-state index in [0.717, 1.165) is 24.1 Å². The molecule has 1 N–H and O–H groups in total. The van der Waals surface area contributed by atoms with Gasteiger partial charge in [0.2, 0.25) is 5.91 Å². The van der Waals surface area contributed by atoms with Crippen molar-refractivity contribution >= 4 is 23.3 Å². The lowest BCUT2D eigenvalue weighted by Crippen LogP contribution is -2.33. The monoisotopic (exact) mass is 318 g/mol. The Bertz CT molecular complexity index is 627. The third-order valence-electron chi connectivity index (χ3n) is 4.02. The summed E-state index contributed by atoms with van der Waals surface area (Å²) in [4.78, 5) is 38.0. The minimum Gasteiger partial charge on any atom is -0.481 e. The van der Waals surface area contributed by atoms with Gasteiger partial charge in [-0.2, -0.15) is 0 Å². The van der Waals surface area contributed by atoms with E-state index in [9.17, 15) is 14.4 Å². The van der Waals surface area contributed by atoms with Gasteiger partial charge in [-0.25, -0.2) is 0 Å². The van der Waals surface area contributed by atoms with Crippen molar-refractivity contribution in [2.24, 2.45) is 0 Å². The number of amides is 1. The van der Waals surface area contributed by atoms with Crippen LogP contribution in [0.1, 0.15) is 35.7 Å². The van der Waals surface area contributed by atoms with Crippen LogP contribution in [0.25, 0.3) is 0 Å². The van der Waals surface area contributed by atoms with Crippen LogP contribution in [0.15, 0.2) is 18.2 Å². The smallest absolute Gasteiger partial charge is 0.304 e. The van der Waals surface area contributed by atoms with Gasteiger partial charge >= 0.3 is 5.97 Å². The first-order valence-corrected chi connectivity index (χ1v) is 7.73. The molecule has 6 nitrogen and oxygen atoms in total. The Kier molecular flexibility index (Phi) is 5.50. The summed E-state index contributed by atoms with van der Waals surface area (Å²) in [6.45, 7) is 2.78. The van der Waals surface area contributed by atoms with Crippen molar-refractivity contribution in [2.45, 2.75) is 26.2 Å². The number of carbonyl (C=O) groups is 3. The van der Waals surface area contributed by atoms with Crippen molar-refractivity contribution in [2.75, 3.05) is 31.6 Å². The van der Waals surface area contributed by atoms with E-state index in [1.807, 2.05) is 12.1 Å². The molecule has 6 heteroatoms. The van der Waals surface area contributed by atoms with E-state index in [1.165, 1.54) is 0 Å². The van der Waals surface area contributed by atoms with E-state index in [2.05, 4.69) is 0 Å². The van der Waals surface area contributed by atoms with E-state index in [0.29, 0.717) is 18.7 Å². The Labute approximate surface area is 135 Å². The summed E-state index contributed by atoms with van der Waals surface area (Å²) in [5.41, 5.74) is 2.52. The highest BCUT2D eigenvalue weighted by Crippen LogP contribution is 2.28. The van der Waals surface area contributed by atoms with Crippen molar-refractivity contribution in [3.63, 3.8) is 0 Å². The second-order valence-corrected chi connectivity index (χ2v) is 5.92. The highest BCUT2D eigenvalue weighted by Gasteiger charge is 2.21. The van der Waals surface area contributed by atoms with E-state index in [4.69, 9.17) is 5.11 Å². The van der Waals surface area contributed by atoms with Gasteiger partial charge in [0, 0.05) is 31.3 Å². The summed E-state index contributed by atoms with van der Waals surface area (Å²) in [6.07, 6.45) is 1.76. The molecule has 0 radical (unpaired) electrons. The minimum atomic E-state index is -0.873. The number of fused-ring (bicyclic) bond motifs is 1. The summed E-state index contributed by atoms with van der Waals surface area (Å²) >= 11 is 0. The van der Waals surface area contributed by atoms with Gasteiger partial charge in [-0.15, -0.1) is 0 Å². The maximum Gasteiger partial charge on any atom is 0.304 e. The number of carbonyl (C=O) groups excluding carboxylic acids is 2. The molecule has 1 aliphatic heterocycles. The van der Waals surface area contributed by atoms with E-state index < -0.39 is 5.97 Å². The second kappa shape index (κ2) is 7.37. The number of carboxylic acids is 1. The van der Waals surface area contributed by atoms with Crippen LogP contribution in [0, 0.1) is 0 Å². The molecule has 2 rings (SSSR count). The first-order valence-electron chi connectivity index (χ1n) is 7.73. The van der Waals surface area contributed by atoms with Crippen LogP contribution in [0.3, 0.4) is 0 Å². The zero-order valence-corrected chi connectivity index (χ0v) is 13.5. The van der Waals surface area contributed by atoms with Crippen LogP contribution in [-0.4, -0.2) is 54.3 Å². The summed E-state index contributed by atoms with van der Waals surface area (Å²) in [7, 11) is 1.73. The number of aliphatic carboxylic acids is 1. The van der Waals surface area contributed by atoms with E-state index in [1.54, 1.807) is 29.8 Å². The quantitative estimate of drug-likeness (QED) is 0.806. The average Bonchev–Trinajstić information content (AvgIpc) is 2.51. The molecule has 124 valence electrons. The number of hydrogen-bond acceptors (Lipinski definition) is 4. The van der Waals surface area contributed by atoms with Crippen molar-refractivity contribution < 1.29 is 19.5 Å². The first-order chi connectivity index (χ1) is 10.9. The number of carboxylic acid groups (broad SMARTS) is 1. The molecule has 0 spiro atoms. The molecule has 1 amide bonds. The first kappa shape index (κ1) is 17.1. The number of likely N-dealkylation sites (N-methyl/N-ethyl adjacent to an activating group) is 1.